The highest BCUT2D eigenvalue weighted by Crippen LogP contribution is 2.31. The summed E-state index contributed by atoms with van der Waals surface area (Å²) in [5, 5.41) is 8.30. The molecule has 1 aliphatic heterocycles. The summed E-state index contributed by atoms with van der Waals surface area (Å²) >= 11 is 1.80. The van der Waals surface area contributed by atoms with Gasteiger partial charge in [-0.15, -0.1) is 11.3 Å². The number of hydrogen-bond donors (Lipinski definition) is 2. The third kappa shape index (κ3) is 2.58. The highest BCUT2D eigenvalue weighted by molar-refractivity contribution is 7.11. The van der Waals surface area contributed by atoms with Gasteiger partial charge in [0.2, 0.25) is 0 Å². The lowest BCUT2D eigenvalue weighted by atomic mass is 10.0. The van der Waals surface area contributed by atoms with Crippen LogP contribution in [0.25, 0.3) is 0 Å². The van der Waals surface area contributed by atoms with Crippen LogP contribution >= 0.6 is 11.3 Å². The third-order valence-corrected chi connectivity index (χ3v) is 5.20. The predicted octanol–water partition coefficient (Wildman–Crippen LogP) is 3.62. The van der Waals surface area contributed by atoms with E-state index >= 15 is 0 Å². The molecule has 1 aliphatic rings. The van der Waals surface area contributed by atoms with Crippen molar-refractivity contribution in [2.24, 2.45) is 0 Å². The van der Waals surface area contributed by atoms with Gasteiger partial charge in [-0.1, -0.05) is 18.2 Å². The van der Waals surface area contributed by atoms with E-state index in [4.69, 9.17) is 0 Å². The maximum Gasteiger partial charge on any atom is 0.0900 e. The third-order valence-electron chi connectivity index (χ3n) is 3.94. The number of para-hydroxylation sites is 1. The van der Waals surface area contributed by atoms with Gasteiger partial charge in [-0.3, -0.25) is 0 Å². The highest BCUT2D eigenvalue weighted by Gasteiger charge is 2.22. The summed E-state index contributed by atoms with van der Waals surface area (Å²) in [6.45, 7) is 8.43. The van der Waals surface area contributed by atoms with E-state index in [-0.39, 0.29) is 0 Å². The van der Waals surface area contributed by atoms with Crippen LogP contribution in [0.3, 0.4) is 0 Å². The number of thiazole rings is 1. The van der Waals surface area contributed by atoms with E-state index in [1.807, 2.05) is 0 Å². The average molecular weight is 287 g/mol. The summed E-state index contributed by atoms with van der Waals surface area (Å²) in [6, 6.07) is 8.98. The van der Waals surface area contributed by atoms with Crippen LogP contribution in [0.5, 0.6) is 0 Å². The topological polar surface area (TPSA) is 37.0 Å². The van der Waals surface area contributed by atoms with E-state index in [0.717, 1.165) is 23.8 Å². The highest BCUT2D eigenvalue weighted by atomic mass is 32.1. The van der Waals surface area contributed by atoms with Crippen molar-refractivity contribution >= 4 is 17.0 Å². The van der Waals surface area contributed by atoms with Crippen molar-refractivity contribution in [3.63, 3.8) is 0 Å². The van der Waals surface area contributed by atoms with Gasteiger partial charge in [0.15, 0.2) is 0 Å². The van der Waals surface area contributed by atoms with Crippen LogP contribution in [0.4, 0.5) is 5.69 Å². The number of aromatic nitrogens is 1. The Morgan fingerprint density at radius 2 is 2.20 bits per heavy atom. The van der Waals surface area contributed by atoms with Crippen molar-refractivity contribution in [3.8, 4) is 0 Å². The quantitative estimate of drug-likeness (QED) is 0.902. The van der Waals surface area contributed by atoms with Crippen LogP contribution in [0.15, 0.2) is 24.3 Å². The van der Waals surface area contributed by atoms with Gasteiger partial charge < -0.3 is 10.6 Å². The Labute approximate surface area is 124 Å². The first-order chi connectivity index (χ1) is 9.65. The first kappa shape index (κ1) is 13.6. The largest absolute Gasteiger partial charge is 0.384 e. The lowest BCUT2D eigenvalue weighted by Crippen LogP contribution is -2.25. The van der Waals surface area contributed by atoms with Gasteiger partial charge in [0.05, 0.1) is 10.7 Å². The zero-order chi connectivity index (χ0) is 14.1. The summed E-state index contributed by atoms with van der Waals surface area (Å²) in [4.78, 5) is 5.88. The Kier molecular flexibility index (Phi) is 3.76. The molecule has 2 atom stereocenters. The van der Waals surface area contributed by atoms with E-state index < -0.39 is 0 Å². The normalized spacial score (nSPS) is 18.6. The standard InChI is InChI=1S/C16H21N3S/c1-10(16-11(2)19-12(3)20-16)17-8-13-9-18-15-7-5-4-6-14(13)15/h4-7,10,13,17-18H,8-9H2,1-3H3. The minimum atomic E-state index is 0.369. The maximum absolute atomic E-state index is 4.51. The van der Waals surface area contributed by atoms with E-state index in [0.29, 0.717) is 12.0 Å². The molecule has 2 heterocycles. The van der Waals surface area contributed by atoms with Gasteiger partial charge in [-0.25, -0.2) is 4.98 Å². The lowest BCUT2D eigenvalue weighted by molar-refractivity contribution is 0.540. The van der Waals surface area contributed by atoms with Crippen molar-refractivity contribution in [3.05, 3.63) is 45.4 Å². The fraction of sp³-hybridized carbons (Fsp3) is 0.438. The summed E-state index contributed by atoms with van der Waals surface area (Å²) in [7, 11) is 0. The van der Waals surface area contributed by atoms with Crippen molar-refractivity contribution in [1.82, 2.24) is 10.3 Å². The zero-order valence-corrected chi connectivity index (χ0v) is 13.1. The number of hydrogen-bond acceptors (Lipinski definition) is 4. The molecule has 0 amide bonds. The number of fused-ring (bicyclic) bond motifs is 1. The molecule has 20 heavy (non-hydrogen) atoms. The number of aryl methyl sites for hydroxylation is 2. The molecule has 4 heteroatoms. The molecule has 0 bridgehead atoms. The molecule has 0 aliphatic carbocycles. The zero-order valence-electron chi connectivity index (χ0n) is 12.2. The molecule has 1 aromatic heterocycles. The summed E-state index contributed by atoms with van der Waals surface area (Å²) < 4.78 is 0. The molecule has 2 N–H and O–H groups in total. The number of anilines is 1. The molecule has 0 saturated heterocycles. The fourth-order valence-corrected chi connectivity index (χ4v) is 3.85. The molecule has 3 nitrogen and oxygen atoms in total. The number of benzene rings is 1. The van der Waals surface area contributed by atoms with Crippen LogP contribution < -0.4 is 10.6 Å². The second kappa shape index (κ2) is 5.54. The van der Waals surface area contributed by atoms with Crippen LogP contribution in [0.2, 0.25) is 0 Å². The van der Waals surface area contributed by atoms with E-state index in [2.05, 4.69) is 60.7 Å². The first-order valence-electron chi connectivity index (χ1n) is 7.15. The van der Waals surface area contributed by atoms with Gasteiger partial charge in [0.1, 0.15) is 0 Å². The Balaban J connectivity index is 1.65. The SMILES string of the molecule is Cc1nc(C)c(C(C)NCC2CNc3ccccc32)s1. The Morgan fingerprint density at radius 1 is 1.40 bits per heavy atom. The molecule has 1 aromatic carbocycles. The van der Waals surface area contributed by atoms with Crippen molar-refractivity contribution in [2.75, 3.05) is 18.4 Å². The Bertz CT molecular complexity index is 606. The van der Waals surface area contributed by atoms with Gasteiger partial charge in [0, 0.05) is 35.6 Å². The molecule has 0 saturated carbocycles. The summed E-state index contributed by atoms with van der Waals surface area (Å²) in [5.41, 5.74) is 3.89. The van der Waals surface area contributed by atoms with Crippen molar-refractivity contribution in [1.29, 1.82) is 0 Å². The number of rotatable bonds is 4. The van der Waals surface area contributed by atoms with E-state index in [1.54, 1.807) is 11.3 Å². The lowest BCUT2D eigenvalue weighted by Gasteiger charge is -2.17. The van der Waals surface area contributed by atoms with E-state index in [9.17, 15) is 0 Å². The second-order valence-corrected chi connectivity index (χ2v) is 6.71. The minimum absolute atomic E-state index is 0.369. The van der Waals surface area contributed by atoms with Gasteiger partial charge in [-0.05, 0) is 32.4 Å². The predicted molar refractivity (Wildman–Crippen MR) is 85.7 cm³/mol. The smallest absolute Gasteiger partial charge is 0.0900 e. The molecule has 2 unspecified atom stereocenters. The summed E-state index contributed by atoms with van der Waals surface area (Å²) in [5.74, 6) is 0.558. The molecular weight excluding hydrogens is 266 g/mol. The molecule has 0 fully saturated rings. The minimum Gasteiger partial charge on any atom is -0.384 e. The maximum atomic E-state index is 4.51. The van der Waals surface area contributed by atoms with Gasteiger partial charge in [0.25, 0.3) is 0 Å². The Morgan fingerprint density at radius 3 is 2.95 bits per heavy atom. The Hall–Kier alpha value is -1.39. The van der Waals surface area contributed by atoms with Crippen LogP contribution in [0.1, 0.15) is 40.0 Å². The fourth-order valence-electron chi connectivity index (χ4n) is 2.90. The van der Waals surface area contributed by atoms with Crippen molar-refractivity contribution < 1.29 is 0 Å². The molecule has 0 spiro atoms. The molecule has 2 aromatic rings. The number of nitrogens with one attached hydrogen (secondary N) is 2. The number of nitrogens with zero attached hydrogens (tertiary/aromatic N) is 1. The van der Waals surface area contributed by atoms with Gasteiger partial charge >= 0.3 is 0 Å². The molecule has 106 valence electrons. The summed E-state index contributed by atoms with van der Waals surface area (Å²) in [6.07, 6.45) is 0. The first-order valence-corrected chi connectivity index (χ1v) is 7.97. The van der Waals surface area contributed by atoms with Gasteiger partial charge in [-0.2, -0.15) is 0 Å². The van der Waals surface area contributed by atoms with E-state index in [1.165, 1.54) is 16.1 Å². The molecular formula is C16H21N3S. The molecule has 3 rings (SSSR count). The monoisotopic (exact) mass is 287 g/mol. The second-order valence-electron chi connectivity index (χ2n) is 5.48. The van der Waals surface area contributed by atoms with Crippen LogP contribution in [0, 0.1) is 13.8 Å². The van der Waals surface area contributed by atoms with Crippen molar-refractivity contribution in [2.45, 2.75) is 32.7 Å². The van der Waals surface area contributed by atoms with Crippen LogP contribution in [-0.4, -0.2) is 18.1 Å². The average Bonchev–Trinajstić information content (AvgIpc) is 2.99. The van der Waals surface area contributed by atoms with Crippen LogP contribution in [-0.2, 0) is 0 Å². The molecule has 0 radical (unpaired) electrons.